The molecule has 0 bridgehead atoms. The highest BCUT2D eigenvalue weighted by Gasteiger charge is 2.14. The van der Waals surface area contributed by atoms with E-state index >= 15 is 0 Å². The van der Waals surface area contributed by atoms with E-state index in [9.17, 15) is 4.79 Å². The molecule has 1 aliphatic heterocycles. The SMILES string of the molecule is O=C(Nc1ccc(Cl)c(Cl)c1)C1=CCOC1. The second kappa shape index (κ2) is 4.87. The van der Waals surface area contributed by atoms with Crippen LogP contribution >= 0.6 is 23.2 Å². The molecular formula is C11H9Cl2NO2. The van der Waals surface area contributed by atoms with Crippen LogP contribution in [0.3, 0.4) is 0 Å². The minimum absolute atomic E-state index is 0.170. The van der Waals surface area contributed by atoms with Crippen LogP contribution < -0.4 is 5.32 Å². The number of amides is 1. The molecule has 1 aromatic rings. The standard InChI is InChI=1S/C11H9Cl2NO2/c12-9-2-1-8(5-10(9)13)14-11(15)7-3-4-16-6-7/h1-3,5H,4,6H2,(H,14,15). The van der Waals surface area contributed by atoms with Gasteiger partial charge in [-0.1, -0.05) is 23.2 Å². The van der Waals surface area contributed by atoms with Gasteiger partial charge in [0, 0.05) is 11.3 Å². The van der Waals surface area contributed by atoms with E-state index in [0.717, 1.165) is 0 Å². The van der Waals surface area contributed by atoms with Crippen LogP contribution in [0.15, 0.2) is 29.8 Å². The summed E-state index contributed by atoms with van der Waals surface area (Å²) >= 11 is 11.6. The minimum atomic E-state index is -0.170. The van der Waals surface area contributed by atoms with E-state index in [1.807, 2.05) is 0 Å². The maximum atomic E-state index is 11.7. The molecule has 1 aliphatic rings. The van der Waals surface area contributed by atoms with Crippen molar-refractivity contribution in [2.45, 2.75) is 0 Å². The summed E-state index contributed by atoms with van der Waals surface area (Å²) in [4.78, 5) is 11.7. The van der Waals surface area contributed by atoms with Gasteiger partial charge in [-0.15, -0.1) is 0 Å². The second-order valence-corrected chi connectivity index (χ2v) is 4.14. The van der Waals surface area contributed by atoms with Gasteiger partial charge in [0.05, 0.1) is 23.3 Å². The molecule has 0 saturated carbocycles. The maximum absolute atomic E-state index is 11.7. The molecule has 0 aliphatic carbocycles. The predicted octanol–water partition coefficient (Wildman–Crippen LogP) is 2.89. The number of halogens is 2. The Balaban J connectivity index is 2.08. The summed E-state index contributed by atoms with van der Waals surface area (Å²) in [6.07, 6.45) is 1.76. The Kier molecular flexibility index (Phi) is 3.49. The molecule has 0 spiro atoms. The summed E-state index contributed by atoms with van der Waals surface area (Å²) in [5.74, 6) is -0.170. The molecule has 0 fully saturated rings. The Hall–Kier alpha value is -1.03. The van der Waals surface area contributed by atoms with E-state index in [1.165, 1.54) is 0 Å². The average molecular weight is 258 g/mol. The maximum Gasteiger partial charge on any atom is 0.253 e. The zero-order valence-corrected chi connectivity index (χ0v) is 9.81. The fourth-order valence-electron chi connectivity index (χ4n) is 1.33. The Labute approximate surface area is 103 Å². The van der Waals surface area contributed by atoms with Crippen molar-refractivity contribution in [1.82, 2.24) is 0 Å². The number of carbonyl (C=O) groups is 1. The van der Waals surface area contributed by atoms with Gasteiger partial charge in [0.25, 0.3) is 5.91 Å². The van der Waals surface area contributed by atoms with Crippen molar-refractivity contribution in [2.24, 2.45) is 0 Å². The highest BCUT2D eigenvalue weighted by Crippen LogP contribution is 2.25. The normalized spacial score (nSPS) is 14.8. The number of nitrogens with one attached hydrogen (secondary N) is 1. The molecule has 1 heterocycles. The number of benzene rings is 1. The van der Waals surface area contributed by atoms with Crippen LogP contribution in [0.1, 0.15) is 0 Å². The predicted molar refractivity (Wildman–Crippen MR) is 64.0 cm³/mol. The largest absolute Gasteiger partial charge is 0.372 e. The van der Waals surface area contributed by atoms with Crippen LogP contribution in [0.2, 0.25) is 10.0 Å². The quantitative estimate of drug-likeness (QED) is 0.885. The third-order valence-corrected chi connectivity index (χ3v) is 2.91. The third-order valence-electron chi connectivity index (χ3n) is 2.17. The van der Waals surface area contributed by atoms with Gasteiger partial charge < -0.3 is 10.1 Å². The molecule has 0 atom stereocenters. The lowest BCUT2D eigenvalue weighted by molar-refractivity contribution is -0.113. The molecule has 0 saturated heterocycles. The topological polar surface area (TPSA) is 38.3 Å². The van der Waals surface area contributed by atoms with Crippen LogP contribution in [0.25, 0.3) is 0 Å². The molecule has 0 aromatic heterocycles. The molecule has 3 nitrogen and oxygen atoms in total. The second-order valence-electron chi connectivity index (χ2n) is 3.33. The lowest BCUT2D eigenvalue weighted by Crippen LogP contribution is -2.15. The van der Waals surface area contributed by atoms with Crippen molar-refractivity contribution in [2.75, 3.05) is 18.5 Å². The van der Waals surface area contributed by atoms with Crippen LogP contribution in [-0.2, 0) is 9.53 Å². The number of rotatable bonds is 2. The number of hydrogen-bond acceptors (Lipinski definition) is 2. The first-order valence-electron chi connectivity index (χ1n) is 4.70. The Bertz CT molecular complexity index is 457. The van der Waals surface area contributed by atoms with Gasteiger partial charge in [0.1, 0.15) is 0 Å². The van der Waals surface area contributed by atoms with Crippen LogP contribution in [0.4, 0.5) is 5.69 Å². The van der Waals surface area contributed by atoms with Crippen LogP contribution in [0, 0.1) is 0 Å². The highest BCUT2D eigenvalue weighted by molar-refractivity contribution is 6.42. The van der Waals surface area contributed by atoms with Gasteiger partial charge in [0.2, 0.25) is 0 Å². The van der Waals surface area contributed by atoms with Gasteiger partial charge in [-0.25, -0.2) is 0 Å². The number of hydrogen-bond donors (Lipinski definition) is 1. The first-order chi connectivity index (χ1) is 7.66. The van der Waals surface area contributed by atoms with Gasteiger partial charge >= 0.3 is 0 Å². The molecule has 0 unspecified atom stereocenters. The molecule has 1 N–H and O–H groups in total. The Morgan fingerprint density at radius 3 is 2.75 bits per heavy atom. The van der Waals surface area contributed by atoms with E-state index < -0.39 is 0 Å². The molecule has 2 rings (SSSR count). The highest BCUT2D eigenvalue weighted by atomic mass is 35.5. The van der Waals surface area contributed by atoms with Crippen molar-refractivity contribution in [3.63, 3.8) is 0 Å². The average Bonchev–Trinajstić information content (AvgIpc) is 2.77. The van der Waals surface area contributed by atoms with E-state index in [-0.39, 0.29) is 5.91 Å². The molecule has 0 radical (unpaired) electrons. The lowest BCUT2D eigenvalue weighted by Gasteiger charge is -2.06. The zero-order valence-electron chi connectivity index (χ0n) is 8.30. The molecule has 1 aromatic carbocycles. The van der Waals surface area contributed by atoms with Gasteiger partial charge in [-0.05, 0) is 24.3 Å². The number of carbonyl (C=O) groups excluding carboxylic acids is 1. The molecular weight excluding hydrogens is 249 g/mol. The fraction of sp³-hybridized carbons (Fsp3) is 0.182. The minimum Gasteiger partial charge on any atom is -0.372 e. The molecule has 84 valence electrons. The van der Waals surface area contributed by atoms with E-state index in [1.54, 1.807) is 24.3 Å². The third kappa shape index (κ3) is 2.55. The van der Waals surface area contributed by atoms with Crippen molar-refractivity contribution < 1.29 is 9.53 Å². The summed E-state index contributed by atoms with van der Waals surface area (Å²) in [5.41, 5.74) is 1.25. The van der Waals surface area contributed by atoms with Crippen molar-refractivity contribution in [3.8, 4) is 0 Å². The monoisotopic (exact) mass is 257 g/mol. The van der Waals surface area contributed by atoms with E-state index in [0.29, 0.717) is 34.5 Å². The molecule has 1 amide bonds. The first-order valence-corrected chi connectivity index (χ1v) is 5.45. The van der Waals surface area contributed by atoms with Crippen molar-refractivity contribution in [1.29, 1.82) is 0 Å². The van der Waals surface area contributed by atoms with E-state index in [2.05, 4.69) is 5.32 Å². The lowest BCUT2D eigenvalue weighted by atomic mass is 10.2. The summed E-state index contributed by atoms with van der Waals surface area (Å²) in [6, 6.07) is 4.94. The summed E-state index contributed by atoms with van der Waals surface area (Å²) in [5, 5.41) is 3.60. The van der Waals surface area contributed by atoms with Crippen LogP contribution in [0.5, 0.6) is 0 Å². The van der Waals surface area contributed by atoms with Gasteiger partial charge in [-0.3, -0.25) is 4.79 Å². The Morgan fingerprint density at radius 1 is 1.31 bits per heavy atom. The number of anilines is 1. The molecule has 16 heavy (non-hydrogen) atoms. The molecule has 5 heteroatoms. The van der Waals surface area contributed by atoms with Gasteiger partial charge in [0.15, 0.2) is 0 Å². The summed E-state index contributed by atoms with van der Waals surface area (Å²) in [7, 11) is 0. The van der Waals surface area contributed by atoms with Crippen LogP contribution in [-0.4, -0.2) is 19.1 Å². The Morgan fingerprint density at radius 2 is 2.12 bits per heavy atom. The summed E-state index contributed by atoms with van der Waals surface area (Å²) < 4.78 is 5.06. The summed E-state index contributed by atoms with van der Waals surface area (Å²) in [6.45, 7) is 0.845. The van der Waals surface area contributed by atoms with Gasteiger partial charge in [-0.2, -0.15) is 0 Å². The number of ether oxygens (including phenoxy) is 1. The zero-order chi connectivity index (χ0) is 11.5. The fourth-order valence-corrected chi connectivity index (χ4v) is 1.63. The first kappa shape index (κ1) is 11.5. The smallest absolute Gasteiger partial charge is 0.253 e. The van der Waals surface area contributed by atoms with Crippen molar-refractivity contribution >= 4 is 34.8 Å². The van der Waals surface area contributed by atoms with Crippen molar-refractivity contribution in [3.05, 3.63) is 39.9 Å². The van der Waals surface area contributed by atoms with E-state index in [4.69, 9.17) is 27.9 Å².